The van der Waals surface area contributed by atoms with Crippen LogP contribution in [0.1, 0.15) is 30.0 Å². The molecule has 1 unspecified atom stereocenters. The van der Waals surface area contributed by atoms with Gasteiger partial charge >= 0.3 is 0 Å². The Morgan fingerprint density at radius 2 is 1.76 bits per heavy atom. The number of hydrogen-bond donors (Lipinski definition) is 2. The van der Waals surface area contributed by atoms with E-state index in [1.807, 2.05) is 22.8 Å². The third kappa shape index (κ3) is 2.38. The molecule has 3 rings (SSSR count). The molecule has 0 fully saturated rings. The lowest BCUT2D eigenvalue weighted by Gasteiger charge is -2.12. The molecule has 1 heterocycles. The van der Waals surface area contributed by atoms with E-state index in [1.165, 1.54) is 11.1 Å². The maximum Gasteiger partial charge on any atom is 0.143 e. The van der Waals surface area contributed by atoms with E-state index in [4.69, 9.17) is 5.73 Å². The van der Waals surface area contributed by atoms with Gasteiger partial charge in [0, 0.05) is 11.4 Å². The Bertz CT molecular complexity index is 798. The molecule has 21 heavy (non-hydrogen) atoms. The molecule has 2 aromatic carbocycles. The summed E-state index contributed by atoms with van der Waals surface area (Å²) >= 11 is 0. The number of rotatable bonds is 2. The number of aliphatic hydroxyl groups is 1. The maximum absolute atomic E-state index is 10.1. The Morgan fingerprint density at radius 1 is 1.10 bits per heavy atom. The normalized spacial score (nSPS) is 12.8. The largest absolute Gasteiger partial charge is 0.399 e. The number of anilines is 1. The van der Waals surface area contributed by atoms with Crippen molar-refractivity contribution >= 4 is 16.7 Å². The number of aromatic nitrogens is 2. The van der Waals surface area contributed by atoms with E-state index in [1.54, 1.807) is 6.92 Å². The van der Waals surface area contributed by atoms with E-state index < -0.39 is 6.10 Å². The SMILES string of the molecule is Cc1cc(C)cc(-n2c(C(C)O)nc3cc(N)ccc32)c1. The number of aryl methyl sites for hydroxylation is 2. The van der Waals surface area contributed by atoms with Crippen molar-refractivity contribution in [2.45, 2.75) is 26.9 Å². The monoisotopic (exact) mass is 281 g/mol. The summed E-state index contributed by atoms with van der Waals surface area (Å²) < 4.78 is 2.00. The maximum atomic E-state index is 10.1. The smallest absolute Gasteiger partial charge is 0.143 e. The molecular weight excluding hydrogens is 262 g/mol. The predicted molar refractivity (Wildman–Crippen MR) is 85.6 cm³/mol. The fourth-order valence-electron chi connectivity index (χ4n) is 2.75. The number of nitrogen functional groups attached to an aromatic ring is 1. The summed E-state index contributed by atoms with van der Waals surface area (Å²) in [5, 5.41) is 10.1. The van der Waals surface area contributed by atoms with E-state index >= 15 is 0 Å². The minimum Gasteiger partial charge on any atom is -0.399 e. The molecule has 4 heteroatoms. The third-order valence-corrected chi connectivity index (χ3v) is 3.54. The van der Waals surface area contributed by atoms with Crippen molar-refractivity contribution in [1.82, 2.24) is 9.55 Å². The first-order chi connectivity index (χ1) is 9.95. The summed E-state index contributed by atoms with van der Waals surface area (Å²) in [6.45, 7) is 5.86. The van der Waals surface area contributed by atoms with Gasteiger partial charge in [0.2, 0.25) is 0 Å². The highest BCUT2D eigenvalue weighted by Crippen LogP contribution is 2.27. The number of nitrogens with zero attached hydrogens (tertiary/aromatic N) is 2. The zero-order valence-corrected chi connectivity index (χ0v) is 12.5. The van der Waals surface area contributed by atoms with E-state index in [9.17, 15) is 5.11 Å². The second kappa shape index (κ2) is 4.90. The predicted octanol–water partition coefficient (Wildman–Crippen LogP) is 3.28. The van der Waals surface area contributed by atoms with Crippen LogP contribution < -0.4 is 5.73 Å². The van der Waals surface area contributed by atoms with Gasteiger partial charge in [-0.1, -0.05) is 6.07 Å². The first kappa shape index (κ1) is 13.6. The van der Waals surface area contributed by atoms with Crippen molar-refractivity contribution in [1.29, 1.82) is 0 Å². The zero-order valence-electron chi connectivity index (χ0n) is 12.5. The van der Waals surface area contributed by atoms with Gasteiger partial charge in [-0.15, -0.1) is 0 Å². The molecule has 1 aromatic heterocycles. The third-order valence-electron chi connectivity index (χ3n) is 3.54. The van der Waals surface area contributed by atoms with Crippen LogP contribution in [0.25, 0.3) is 16.7 Å². The minimum absolute atomic E-state index is 0.626. The summed E-state index contributed by atoms with van der Waals surface area (Å²) in [7, 11) is 0. The second-order valence-corrected chi connectivity index (χ2v) is 5.58. The van der Waals surface area contributed by atoms with Crippen LogP contribution in [-0.2, 0) is 0 Å². The van der Waals surface area contributed by atoms with Crippen LogP contribution in [0.15, 0.2) is 36.4 Å². The van der Waals surface area contributed by atoms with Crippen molar-refractivity contribution in [3.05, 3.63) is 53.3 Å². The Morgan fingerprint density at radius 3 is 2.38 bits per heavy atom. The summed E-state index contributed by atoms with van der Waals surface area (Å²) in [6.07, 6.45) is -0.653. The lowest BCUT2D eigenvalue weighted by molar-refractivity contribution is 0.187. The Balaban J connectivity index is 2.36. The molecule has 0 radical (unpaired) electrons. The molecule has 0 saturated carbocycles. The quantitative estimate of drug-likeness (QED) is 0.708. The van der Waals surface area contributed by atoms with Crippen LogP contribution in [0.3, 0.4) is 0 Å². The van der Waals surface area contributed by atoms with Crippen LogP contribution in [0.4, 0.5) is 5.69 Å². The summed E-state index contributed by atoms with van der Waals surface area (Å²) in [6, 6.07) is 12.0. The molecular formula is C17H19N3O. The van der Waals surface area contributed by atoms with E-state index in [0.717, 1.165) is 16.7 Å². The molecule has 0 bridgehead atoms. The van der Waals surface area contributed by atoms with Crippen LogP contribution in [0, 0.1) is 13.8 Å². The fraction of sp³-hybridized carbons (Fsp3) is 0.235. The van der Waals surface area contributed by atoms with Gasteiger partial charge in [0.1, 0.15) is 11.9 Å². The highest BCUT2D eigenvalue weighted by atomic mass is 16.3. The van der Waals surface area contributed by atoms with Gasteiger partial charge in [0.25, 0.3) is 0 Å². The van der Waals surface area contributed by atoms with Crippen molar-refractivity contribution in [3.8, 4) is 5.69 Å². The molecule has 108 valence electrons. The molecule has 0 aliphatic rings. The van der Waals surface area contributed by atoms with Crippen LogP contribution in [0.2, 0.25) is 0 Å². The fourth-order valence-corrected chi connectivity index (χ4v) is 2.75. The standard InChI is InChI=1S/C17H19N3O/c1-10-6-11(2)8-14(7-10)20-16-5-4-13(18)9-15(16)19-17(20)12(3)21/h4-9,12,21H,18H2,1-3H3. The van der Waals surface area contributed by atoms with Gasteiger partial charge in [-0.3, -0.25) is 4.57 Å². The molecule has 3 aromatic rings. The van der Waals surface area contributed by atoms with Crippen LogP contribution in [0.5, 0.6) is 0 Å². The van der Waals surface area contributed by atoms with Crippen molar-refractivity contribution in [3.63, 3.8) is 0 Å². The van der Waals surface area contributed by atoms with Crippen molar-refractivity contribution in [2.75, 3.05) is 5.73 Å². The number of benzene rings is 2. The topological polar surface area (TPSA) is 64.1 Å². The Labute approximate surface area is 123 Å². The van der Waals surface area contributed by atoms with Gasteiger partial charge in [-0.2, -0.15) is 0 Å². The lowest BCUT2D eigenvalue weighted by Crippen LogP contribution is -2.05. The molecule has 1 atom stereocenters. The molecule has 4 nitrogen and oxygen atoms in total. The highest BCUT2D eigenvalue weighted by molar-refractivity contribution is 5.81. The molecule has 0 saturated heterocycles. The minimum atomic E-state index is -0.653. The van der Waals surface area contributed by atoms with Crippen molar-refractivity contribution < 1.29 is 5.11 Å². The molecule has 0 aliphatic heterocycles. The van der Waals surface area contributed by atoms with Gasteiger partial charge < -0.3 is 10.8 Å². The average molecular weight is 281 g/mol. The molecule has 3 N–H and O–H groups in total. The van der Waals surface area contributed by atoms with Crippen LogP contribution in [-0.4, -0.2) is 14.7 Å². The molecule has 0 spiro atoms. The highest BCUT2D eigenvalue weighted by Gasteiger charge is 2.16. The Hall–Kier alpha value is -2.33. The zero-order chi connectivity index (χ0) is 15.1. The van der Waals surface area contributed by atoms with E-state index in [2.05, 4.69) is 37.0 Å². The van der Waals surface area contributed by atoms with Crippen LogP contribution >= 0.6 is 0 Å². The average Bonchev–Trinajstić information content (AvgIpc) is 2.76. The van der Waals surface area contributed by atoms with Gasteiger partial charge in [-0.25, -0.2) is 4.98 Å². The molecule has 0 aliphatic carbocycles. The first-order valence-electron chi connectivity index (χ1n) is 7.00. The number of aliphatic hydroxyl groups excluding tert-OH is 1. The second-order valence-electron chi connectivity index (χ2n) is 5.58. The van der Waals surface area contributed by atoms with E-state index in [-0.39, 0.29) is 0 Å². The number of hydrogen-bond acceptors (Lipinski definition) is 3. The van der Waals surface area contributed by atoms with Gasteiger partial charge in [0.05, 0.1) is 11.0 Å². The molecule has 0 amide bonds. The summed E-state index contributed by atoms with van der Waals surface area (Å²) in [5.74, 6) is 0.626. The number of nitrogens with two attached hydrogens (primary N) is 1. The van der Waals surface area contributed by atoms with E-state index in [0.29, 0.717) is 11.5 Å². The van der Waals surface area contributed by atoms with Crippen molar-refractivity contribution in [2.24, 2.45) is 0 Å². The van der Waals surface area contributed by atoms with Gasteiger partial charge in [0.15, 0.2) is 0 Å². The summed E-state index contributed by atoms with van der Waals surface area (Å²) in [5.41, 5.74) is 11.6. The number of fused-ring (bicyclic) bond motifs is 1. The lowest BCUT2D eigenvalue weighted by atomic mass is 10.1. The first-order valence-corrected chi connectivity index (χ1v) is 7.00. The Kier molecular flexibility index (Phi) is 3.18. The van der Waals surface area contributed by atoms with Gasteiger partial charge in [-0.05, 0) is 62.2 Å². The number of imidazole rings is 1. The summed E-state index contributed by atoms with van der Waals surface area (Å²) in [4.78, 5) is 4.54.